The number of carbonyl (C=O) groups excluding carboxylic acids is 1. The Kier molecular flexibility index (Phi) is 5.58. The molecule has 1 aliphatic heterocycles. The van der Waals surface area contributed by atoms with Crippen molar-refractivity contribution in [3.8, 4) is 5.75 Å². The second-order valence-electron chi connectivity index (χ2n) is 4.11. The summed E-state index contributed by atoms with van der Waals surface area (Å²) in [5.41, 5.74) is 0.804. The third kappa shape index (κ3) is 4.36. The van der Waals surface area contributed by atoms with E-state index in [4.69, 9.17) is 18.9 Å². The van der Waals surface area contributed by atoms with Gasteiger partial charge < -0.3 is 18.9 Å². The Morgan fingerprint density at radius 2 is 2.10 bits per heavy atom. The molecule has 0 N–H and O–H groups in total. The highest BCUT2D eigenvalue weighted by Crippen LogP contribution is 2.20. The third-order valence-corrected chi connectivity index (χ3v) is 2.67. The Balaban J connectivity index is 1.96. The molecule has 0 spiro atoms. The fourth-order valence-corrected chi connectivity index (χ4v) is 1.76. The van der Waals surface area contributed by atoms with Crippen LogP contribution in [-0.4, -0.2) is 38.7 Å². The molecule has 108 valence electrons. The molecule has 5 heteroatoms. The largest absolute Gasteiger partial charge is 0.488 e. The lowest BCUT2D eigenvalue weighted by molar-refractivity contribution is -0.137. The molecule has 1 aromatic rings. The summed E-state index contributed by atoms with van der Waals surface area (Å²) < 4.78 is 21.1. The SMILES string of the molecule is CCOC(=O)C=Cc1ccccc1OCC1OCCO1. The zero-order valence-electron chi connectivity index (χ0n) is 11.4. The molecule has 1 heterocycles. The smallest absolute Gasteiger partial charge is 0.330 e. The lowest BCUT2D eigenvalue weighted by Gasteiger charge is -2.12. The Labute approximate surface area is 118 Å². The minimum Gasteiger partial charge on any atom is -0.488 e. The van der Waals surface area contributed by atoms with Gasteiger partial charge in [0.15, 0.2) is 6.29 Å². The fourth-order valence-electron chi connectivity index (χ4n) is 1.76. The van der Waals surface area contributed by atoms with Gasteiger partial charge in [-0.1, -0.05) is 18.2 Å². The highest BCUT2D eigenvalue weighted by atomic mass is 16.7. The molecule has 20 heavy (non-hydrogen) atoms. The van der Waals surface area contributed by atoms with Crippen LogP contribution < -0.4 is 4.74 Å². The molecule has 0 atom stereocenters. The van der Waals surface area contributed by atoms with Crippen molar-refractivity contribution < 1.29 is 23.7 Å². The average Bonchev–Trinajstić information content (AvgIpc) is 2.97. The van der Waals surface area contributed by atoms with Gasteiger partial charge in [0, 0.05) is 11.6 Å². The van der Waals surface area contributed by atoms with Crippen LogP contribution in [0.5, 0.6) is 5.75 Å². The summed E-state index contributed by atoms with van der Waals surface area (Å²) in [6.07, 6.45) is 2.73. The molecule has 1 aromatic carbocycles. The number of hydrogen-bond acceptors (Lipinski definition) is 5. The summed E-state index contributed by atoms with van der Waals surface area (Å²) in [5.74, 6) is 0.303. The van der Waals surface area contributed by atoms with Crippen molar-refractivity contribution in [1.29, 1.82) is 0 Å². The molecule has 5 nitrogen and oxygen atoms in total. The summed E-state index contributed by atoms with van der Waals surface area (Å²) in [4.78, 5) is 11.3. The van der Waals surface area contributed by atoms with E-state index in [2.05, 4.69) is 0 Å². The van der Waals surface area contributed by atoms with Gasteiger partial charge in [-0.3, -0.25) is 0 Å². The third-order valence-electron chi connectivity index (χ3n) is 2.67. The number of rotatable bonds is 6. The predicted octanol–water partition coefficient (Wildman–Crippen LogP) is 2.01. The zero-order chi connectivity index (χ0) is 14.2. The van der Waals surface area contributed by atoms with Crippen LogP contribution in [0.1, 0.15) is 12.5 Å². The van der Waals surface area contributed by atoms with Crippen LogP contribution in [0, 0.1) is 0 Å². The van der Waals surface area contributed by atoms with E-state index < -0.39 is 0 Å². The zero-order valence-corrected chi connectivity index (χ0v) is 11.4. The second-order valence-corrected chi connectivity index (χ2v) is 4.11. The van der Waals surface area contributed by atoms with Crippen LogP contribution in [0.25, 0.3) is 6.08 Å². The van der Waals surface area contributed by atoms with Crippen molar-refractivity contribution >= 4 is 12.0 Å². The Morgan fingerprint density at radius 1 is 1.35 bits per heavy atom. The lowest BCUT2D eigenvalue weighted by atomic mass is 10.2. The first-order chi connectivity index (χ1) is 9.79. The number of ether oxygens (including phenoxy) is 4. The molecule has 0 saturated carbocycles. The van der Waals surface area contributed by atoms with Gasteiger partial charge in [0.1, 0.15) is 12.4 Å². The van der Waals surface area contributed by atoms with Crippen LogP contribution in [0.15, 0.2) is 30.3 Å². The first kappa shape index (κ1) is 14.6. The van der Waals surface area contributed by atoms with E-state index in [0.29, 0.717) is 32.2 Å². The Hall–Kier alpha value is -1.85. The van der Waals surface area contributed by atoms with Crippen molar-refractivity contribution in [2.24, 2.45) is 0 Å². The molecule has 2 rings (SSSR count). The topological polar surface area (TPSA) is 54.0 Å². The molecule has 1 saturated heterocycles. The van der Waals surface area contributed by atoms with E-state index in [1.165, 1.54) is 6.08 Å². The van der Waals surface area contributed by atoms with E-state index in [0.717, 1.165) is 5.56 Å². The second kappa shape index (κ2) is 7.67. The summed E-state index contributed by atoms with van der Waals surface area (Å²) >= 11 is 0. The number of para-hydroxylation sites is 1. The van der Waals surface area contributed by atoms with Crippen LogP contribution in [-0.2, 0) is 19.0 Å². The monoisotopic (exact) mass is 278 g/mol. The van der Waals surface area contributed by atoms with Gasteiger partial charge in [-0.05, 0) is 19.1 Å². The van der Waals surface area contributed by atoms with Gasteiger partial charge >= 0.3 is 5.97 Å². The summed E-state index contributed by atoms with van der Waals surface area (Å²) in [6, 6.07) is 7.44. The van der Waals surface area contributed by atoms with Crippen molar-refractivity contribution in [1.82, 2.24) is 0 Å². The lowest BCUT2D eigenvalue weighted by Crippen LogP contribution is -2.18. The Bertz CT molecular complexity index is 463. The minimum atomic E-state index is -0.371. The van der Waals surface area contributed by atoms with Crippen molar-refractivity contribution in [2.45, 2.75) is 13.2 Å². The van der Waals surface area contributed by atoms with Crippen molar-refractivity contribution in [2.75, 3.05) is 26.4 Å². The van der Waals surface area contributed by atoms with Crippen LogP contribution in [0.3, 0.4) is 0 Å². The van der Waals surface area contributed by atoms with E-state index >= 15 is 0 Å². The maximum Gasteiger partial charge on any atom is 0.330 e. The van der Waals surface area contributed by atoms with Gasteiger partial charge in [-0.2, -0.15) is 0 Å². The van der Waals surface area contributed by atoms with Gasteiger partial charge in [0.05, 0.1) is 19.8 Å². The summed E-state index contributed by atoms with van der Waals surface area (Å²) in [5, 5.41) is 0. The maximum absolute atomic E-state index is 11.3. The minimum absolute atomic E-state index is 0.322. The average molecular weight is 278 g/mol. The fraction of sp³-hybridized carbons (Fsp3) is 0.400. The van der Waals surface area contributed by atoms with Gasteiger partial charge in [-0.15, -0.1) is 0 Å². The number of carbonyl (C=O) groups is 1. The quantitative estimate of drug-likeness (QED) is 0.588. The molecule has 0 unspecified atom stereocenters. The first-order valence-electron chi connectivity index (χ1n) is 6.59. The molecule has 0 aliphatic carbocycles. The molecular formula is C15H18O5. The molecule has 1 aliphatic rings. The number of benzene rings is 1. The van der Waals surface area contributed by atoms with Gasteiger partial charge in [0.25, 0.3) is 0 Å². The summed E-state index contributed by atoms with van der Waals surface area (Å²) in [6.45, 7) is 3.64. The molecular weight excluding hydrogens is 260 g/mol. The number of hydrogen-bond donors (Lipinski definition) is 0. The first-order valence-corrected chi connectivity index (χ1v) is 6.59. The standard InChI is InChI=1S/C15H18O5/c1-2-17-14(16)8-7-12-5-3-4-6-13(12)20-11-15-18-9-10-19-15/h3-8,15H,2,9-11H2,1H3. The molecule has 0 radical (unpaired) electrons. The van der Waals surface area contributed by atoms with Gasteiger partial charge in [0.2, 0.25) is 0 Å². The Morgan fingerprint density at radius 3 is 2.85 bits per heavy atom. The predicted molar refractivity (Wildman–Crippen MR) is 73.3 cm³/mol. The van der Waals surface area contributed by atoms with E-state index in [1.807, 2.05) is 24.3 Å². The molecule has 0 amide bonds. The highest BCUT2D eigenvalue weighted by molar-refractivity contribution is 5.87. The van der Waals surface area contributed by atoms with Gasteiger partial charge in [-0.25, -0.2) is 4.79 Å². The van der Waals surface area contributed by atoms with E-state index in [1.54, 1.807) is 13.0 Å². The van der Waals surface area contributed by atoms with Crippen LogP contribution >= 0.6 is 0 Å². The van der Waals surface area contributed by atoms with Crippen molar-refractivity contribution in [3.05, 3.63) is 35.9 Å². The molecule has 0 aromatic heterocycles. The van der Waals surface area contributed by atoms with E-state index in [-0.39, 0.29) is 12.3 Å². The van der Waals surface area contributed by atoms with Crippen LogP contribution in [0.2, 0.25) is 0 Å². The molecule has 0 bridgehead atoms. The maximum atomic E-state index is 11.3. The van der Waals surface area contributed by atoms with E-state index in [9.17, 15) is 4.79 Å². The number of esters is 1. The summed E-state index contributed by atoms with van der Waals surface area (Å²) in [7, 11) is 0. The van der Waals surface area contributed by atoms with Crippen molar-refractivity contribution in [3.63, 3.8) is 0 Å². The van der Waals surface area contributed by atoms with Crippen LogP contribution in [0.4, 0.5) is 0 Å². The molecule has 1 fully saturated rings. The highest BCUT2D eigenvalue weighted by Gasteiger charge is 2.16. The normalized spacial score (nSPS) is 15.7.